The molecule has 2 heterocycles. The predicted molar refractivity (Wildman–Crippen MR) is 43.9 cm³/mol. The Morgan fingerprint density at radius 2 is 2.42 bits per heavy atom. The van der Waals surface area contributed by atoms with Crippen molar-refractivity contribution in [3.8, 4) is 0 Å². The lowest BCUT2D eigenvalue weighted by atomic mass is 10.3. The number of rotatable bonds is 0. The fourth-order valence-electron chi connectivity index (χ4n) is 1.14. The SMILES string of the molecule is Cn1cnc2c1C(=O)NC(Cl)N2. The van der Waals surface area contributed by atoms with E-state index in [4.69, 9.17) is 11.6 Å². The summed E-state index contributed by atoms with van der Waals surface area (Å²) in [5, 5.41) is 5.33. The number of halogens is 1. The van der Waals surface area contributed by atoms with Crippen LogP contribution in [0.4, 0.5) is 5.82 Å². The Morgan fingerprint density at radius 3 is 3.17 bits per heavy atom. The summed E-state index contributed by atoms with van der Waals surface area (Å²) in [6, 6.07) is 0. The Bertz CT molecular complexity index is 334. The topological polar surface area (TPSA) is 59.0 Å². The van der Waals surface area contributed by atoms with Crippen LogP contribution in [0.1, 0.15) is 10.5 Å². The fraction of sp³-hybridized carbons (Fsp3) is 0.333. The first kappa shape index (κ1) is 7.42. The summed E-state index contributed by atoms with van der Waals surface area (Å²) in [6.45, 7) is 0. The van der Waals surface area contributed by atoms with Crippen molar-refractivity contribution < 1.29 is 4.79 Å². The molecule has 1 atom stereocenters. The molecule has 0 aromatic carbocycles. The van der Waals surface area contributed by atoms with Gasteiger partial charge in [0.05, 0.1) is 6.33 Å². The van der Waals surface area contributed by atoms with Crippen LogP contribution in [-0.4, -0.2) is 21.1 Å². The van der Waals surface area contributed by atoms with Gasteiger partial charge in [0.25, 0.3) is 5.91 Å². The number of amides is 1. The van der Waals surface area contributed by atoms with Gasteiger partial charge in [0.15, 0.2) is 17.1 Å². The molecule has 64 valence electrons. The van der Waals surface area contributed by atoms with Crippen LogP contribution in [-0.2, 0) is 7.05 Å². The normalized spacial score (nSPS) is 21.2. The summed E-state index contributed by atoms with van der Waals surface area (Å²) >= 11 is 5.66. The summed E-state index contributed by atoms with van der Waals surface area (Å²) in [7, 11) is 1.75. The number of aromatic nitrogens is 2. The van der Waals surface area contributed by atoms with E-state index in [1.807, 2.05) is 0 Å². The van der Waals surface area contributed by atoms with Gasteiger partial charge in [0.2, 0.25) is 0 Å². The van der Waals surface area contributed by atoms with Crippen molar-refractivity contribution in [2.45, 2.75) is 5.62 Å². The first-order chi connectivity index (χ1) is 5.68. The van der Waals surface area contributed by atoms with Crippen LogP contribution in [0.5, 0.6) is 0 Å². The highest BCUT2D eigenvalue weighted by Gasteiger charge is 2.25. The van der Waals surface area contributed by atoms with E-state index in [0.29, 0.717) is 11.5 Å². The van der Waals surface area contributed by atoms with E-state index in [0.717, 1.165) is 0 Å². The van der Waals surface area contributed by atoms with Crippen LogP contribution >= 0.6 is 11.6 Å². The molecule has 6 heteroatoms. The molecule has 1 unspecified atom stereocenters. The second-order valence-corrected chi connectivity index (χ2v) is 2.97. The minimum Gasteiger partial charge on any atom is -0.335 e. The third-order valence-corrected chi connectivity index (χ3v) is 1.89. The van der Waals surface area contributed by atoms with Gasteiger partial charge in [-0.2, -0.15) is 0 Å². The van der Waals surface area contributed by atoms with Crippen LogP contribution in [0.2, 0.25) is 0 Å². The first-order valence-electron chi connectivity index (χ1n) is 3.41. The zero-order chi connectivity index (χ0) is 8.72. The van der Waals surface area contributed by atoms with Crippen LogP contribution in [0, 0.1) is 0 Å². The Morgan fingerprint density at radius 1 is 1.67 bits per heavy atom. The Hall–Kier alpha value is -1.23. The number of fused-ring (bicyclic) bond motifs is 1. The maximum atomic E-state index is 11.3. The van der Waals surface area contributed by atoms with E-state index in [9.17, 15) is 4.79 Å². The number of aryl methyl sites for hydroxylation is 1. The van der Waals surface area contributed by atoms with Crippen LogP contribution in [0.25, 0.3) is 0 Å². The molecule has 1 aromatic rings. The van der Waals surface area contributed by atoms with Crippen LogP contribution in [0.3, 0.4) is 0 Å². The van der Waals surface area contributed by atoms with Gasteiger partial charge >= 0.3 is 0 Å². The predicted octanol–water partition coefficient (Wildman–Crippen LogP) is 0.0978. The van der Waals surface area contributed by atoms with Gasteiger partial charge in [-0.25, -0.2) is 4.98 Å². The highest BCUT2D eigenvalue weighted by Crippen LogP contribution is 2.17. The van der Waals surface area contributed by atoms with Crippen LogP contribution < -0.4 is 10.6 Å². The number of nitrogens with one attached hydrogen (secondary N) is 2. The highest BCUT2D eigenvalue weighted by molar-refractivity contribution is 6.23. The van der Waals surface area contributed by atoms with Gasteiger partial charge in [-0.1, -0.05) is 11.6 Å². The fourth-order valence-corrected chi connectivity index (χ4v) is 1.35. The van der Waals surface area contributed by atoms with Crippen molar-refractivity contribution in [2.75, 3.05) is 5.32 Å². The molecule has 0 bridgehead atoms. The van der Waals surface area contributed by atoms with Gasteiger partial charge < -0.3 is 15.2 Å². The second-order valence-electron chi connectivity index (χ2n) is 2.53. The highest BCUT2D eigenvalue weighted by atomic mass is 35.5. The second kappa shape index (κ2) is 2.38. The minimum atomic E-state index is -0.570. The van der Waals surface area contributed by atoms with E-state index < -0.39 is 5.62 Å². The average molecular weight is 187 g/mol. The maximum absolute atomic E-state index is 11.3. The van der Waals surface area contributed by atoms with E-state index in [2.05, 4.69) is 15.6 Å². The lowest BCUT2D eigenvalue weighted by molar-refractivity contribution is 0.0939. The van der Waals surface area contributed by atoms with Gasteiger partial charge in [0, 0.05) is 7.05 Å². The molecule has 1 amide bonds. The average Bonchev–Trinajstić information content (AvgIpc) is 2.31. The van der Waals surface area contributed by atoms with Crippen molar-refractivity contribution in [3.63, 3.8) is 0 Å². The molecular weight excluding hydrogens is 180 g/mol. The zero-order valence-electron chi connectivity index (χ0n) is 6.34. The number of carbonyl (C=O) groups excluding carboxylic acids is 1. The molecule has 0 saturated heterocycles. The summed E-state index contributed by atoms with van der Waals surface area (Å²) in [4.78, 5) is 15.2. The largest absolute Gasteiger partial charge is 0.335 e. The molecule has 5 nitrogen and oxygen atoms in total. The van der Waals surface area contributed by atoms with E-state index in [1.54, 1.807) is 17.9 Å². The van der Waals surface area contributed by atoms with Crippen molar-refractivity contribution in [3.05, 3.63) is 12.0 Å². The molecule has 1 aromatic heterocycles. The van der Waals surface area contributed by atoms with E-state index >= 15 is 0 Å². The number of anilines is 1. The molecule has 1 aliphatic heterocycles. The van der Waals surface area contributed by atoms with Gasteiger partial charge in [0.1, 0.15) is 0 Å². The molecule has 0 fully saturated rings. The van der Waals surface area contributed by atoms with Gasteiger partial charge in [-0.3, -0.25) is 4.79 Å². The number of hydrogen-bond acceptors (Lipinski definition) is 3. The quantitative estimate of drug-likeness (QED) is 0.446. The Balaban J connectivity index is 2.50. The van der Waals surface area contributed by atoms with Crippen molar-refractivity contribution >= 4 is 23.3 Å². The summed E-state index contributed by atoms with van der Waals surface area (Å²) in [6.07, 6.45) is 1.56. The van der Waals surface area contributed by atoms with Crippen molar-refractivity contribution in [1.82, 2.24) is 14.9 Å². The van der Waals surface area contributed by atoms with Gasteiger partial charge in [-0.05, 0) is 0 Å². The Kier molecular flexibility index (Phi) is 1.47. The number of imidazole rings is 1. The smallest absolute Gasteiger partial charge is 0.274 e. The van der Waals surface area contributed by atoms with Gasteiger partial charge in [-0.15, -0.1) is 0 Å². The van der Waals surface area contributed by atoms with E-state index in [1.165, 1.54) is 0 Å². The number of carbonyl (C=O) groups is 1. The molecule has 0 radical (unpaired) electrons. The molecular formula is C6H7ClN4O. The molecule has 2 N–H and O–H groups in total. The summed E-state index contributed by atoms with van der Waals surface area (Å²) < 4.78 is 1.64. The third-order valence-electron chi connectivity index (χ3n) is 1.67. The zero-order valence-corrected chi connectivity index (χ0v) is 7.09. The molecule has 0 aliphatic carbocycles. The lowest BCUT2D eigenvalue weighted by Gasteiger charge is -2.19. The first-order valence-corrected chi connectivity index (χ1v) is 3.85. The third kappa shape index (κ3) is 0.937. The molecule has 0 saturated carbocycles. The van der Waals surface area contributed by atoms with Crippen molar-refractivity contribution in [2.24, 2.45) is 7.05 Å². The molecule has 2 rings (SSSR count). The number of alkyl halides is 1. The monoisotopic (exact) mass is 186 g/mol. The molecule has 12 heavy (non-hydrogen) atoms. The minimum absolute atomic E-state index is 0.205. The van der Waals surface area contributed by atoms with Crippen LogP contribution in [0.15, 0.2) is 6.33 Å². The maximum Gasteiger partial charge on any atom is 0.274 e. The lowest BCUT2D eigenvalue weighted by Crippen LogP contribution is -2.42. The summed E-state index contributed by atoms with van der Waals surface area (Å²) in [5.74, 6) is 0.324. The number of nitrogens with zero attached hydrogens (tertiary/aromatic N) is 2. The summed E-state index contributed by atoms with van der Waals surface area (Å²) in [5.41, 5.74) is -0.0631. The van der Waals surface area contributed by atoms with Crippen molar-refractivity contribution in [1.29, 1.82) is 0 Å². The standard InChI is InChI=1S/C6H7ClN4O/c1-11-2-8-4-3(11)5(12)10-6(7)9-4/h2,6,9H,1H3,(H,10,12). The molecule has 0 spiro atoms. The molecule has 1 aliphatic rings. The van der Waals surface area contributed by atoms with E-state index in [-0.39, 0.29) is 5.91 Å². The number of hydrogen-bond donors (Lipinski definition) is 2. The Labute approximate surface area is 73.7 Å².